The molecule has 8 nitrogen and oxygen atoms in total. The number of carbonyl (C=O) groups is 1. The molecule has 1 saturated heterocycles. The number of amides is 1. The van der Waals surface area contributed by atoms with Crippen molar-refractivity contribution in [3.63, 3.8) is 0 Å². The zero-order chi connectivity index (χ0) is 23.8. The molecule has 0 atom stereocenters. The molecular weight excluding hydrogens is 442 g/mol. The van der Waals surface area contributed by atoms with Gasteiger partial charge >= 0.3 is 0 Å². The fourth-order valence-electron chi connectivity index (χ4n) is 5.38. The molecule has 4 aromatic rings. The summed E-state index contributed by atoms with van der Waals surface area (Å²) in [4.78, 5) is 33.6. The second-order valence-electron chi connectivity index (χ2n) is 9.25. The van der Waals surface area contributed by atoms with Crippen LogP contribution < -0.4 is 10.9 Å². The maximum absolute atomic E-state index is 13.3. The molecule has 2 aromatic heterocycles. The van der Waals surface area contributed by atoms with Gasteiger partial charge in [-0.2, -0.15) is 0 Å². The van der Waals surface area contributed by atoms with Gasteiger partial charge in [-0.15, -0.1) is 0 Å². The van der Waals surface area contributed by atoms with Crippen LogP contribution in [0, 0.1) is 0 Å². The Morgan fingerprint density at radius 2 is 1.77 bits per heavy atom. The summed E-state index contributed by atoms with van der Waals surface area (Å²) in [5, 5.41) is 4.84. The second kappa shape index (κ2) is 9.28. The van der Waals surface area contributed by atoms with E-state index in [1.807, 2.05) is 47.0 Å². The van der Waals surface area contributed by atoms with Crippen LogP contribution in [0.3, 0.4) is 0 Å². The van der Waals surface area contributed by atoms with Gasteiger partial charge in [0.1, 0.15) is 6.54 Å². The first-order chi connectivity index (χ1) is 17.2. The van der Waals surface area contributed by atoms with Crippen molar-refractivity contribution in [2.75, 3.05) is 39.4 Å². The maximum Gasteiger partial charge on any atom is 0.261 e. The van der Waals surface area contributed by atoms with Gasteiger partial charge in [-0.05, 0) is 43.1 Å². The normalized spacial score (nSPS) is 15.8. The van der Waals surface area contributed by atoms with Crippen LogP contribution in [0.15, 0.2) is 53.3 Å². The topological polar surface area (TPSA) is 81.4 Å². The molecule has 4 heterocycles. The molecule has 0 saturated carbocycles. The number of hydrogen-bond donors (Lipinski definition) is 1. The number of nitrogens with zero attached hydrogens (tertiary/aromatic N) is 4. The van der Waals surface area contributed by atoms with Gasteiger partial charge in [-0.1, -0.05) is 30.3 Å². The van der Waals surface area contributed by atoms with E-state index in [1.54, 1.807) is 4.57 Å². The van der Waals surface area contributed by atoms with E-state index in [1.165, 1.54) is 0 Å². The number of para-hydroxylation sites is 2. The first-order valence-corrected chi connectivity index (χ1v) is 12.4. The zero-order valence-electron chi connectivity index (χ0n) is 19.7. The summed E-state index contributed by atoms with van der Waals surface area (Å²) < 4.78 is 9.20. The molecule has 35 heavy (non-hydrogen) atoms. The number of ether oxygens (including phenoxy) is 1. The first kappa shape index (κ1) is 22.0. The number of rotatable bonds is 6. The van der Waals surface area contributed by atoms with Gasteiger partial charge in [0.2, 0.25) is 5.91 Å². The molecule has 2 aliphatic heterocycles. The van der Waals surface area contributed by atoms with Crippen LogP contribution in [0.4, 0.5) is 0 Å². The molecule has 0 unspecified atom stereocenters. The Bertz CT molecular complexity index is 1470. The predicted molar refractivity (Wildman–Crippen MR) is 136 cm³/mol. The molecule has 2 aliphatic rings. The van der Waals surface area contributed by atoms with Crippen molar-refractivity contribution in [3.05, 3.63) is 64.4 Å². The molecule has 0 aliphatic carbocycles. The summed E-state index contributed by atoms with van der Waals surface area (Å²) in [5.41, 5.74) is 3.69. The average molecular weight is 472 g/mol. The van der Waals surface area contributed by atoms with Gasteiger partial charge in [0.15, 0.2) is 5.82 Å². The molecule has 0 spiro atoms. The fraction of sp³-hybridized carbons (Fsp3) is 0.370. The van der Waals surface area contributed by atoms with Crippen LogP contribution in [0.25, 0.3) is 33.3 Å². The number of carbonyl (C=O) groups excluding carboxylic acids is 1. The van der Waals surface area contributed by atoms with Crippen molar-refractivity contribution in [1.29, 1.82) is 0 Å². The standard InChI is InChI=1S/C27H29N5O3/c33-24(28-11-5-12-30-14-16-35-17-15-30)18-32-23-9-4-2-6-19(23)20-10-13-31-26(25(20)32)29-22-8-3-1-7-21(22)27(31)34/h1-4,6-9H,5,10-18H2,(H,28,33). The summed E-state index contributed by atoms with van der Waals surface area (Å²) in [5.74, 6) is 0.613. The average Bonchev–Trinajstić information content (AvgIpc) is 3.21. The van der Waals surface area contributed by atoms with Crippen molar-refractivity contribution in [2.24, 2.45) is 0 Å². The second-order valence-corrected chi connectivity index (χ2v) is 9.25. The lowest BCUT2D eigenvalue weighted by Crippen LogP contribution is -2.38. The molecule has 2 aromatic carbocycles. The Morgan fingerprint density at radius 1 is 1.00 bits per heavy atom. The minimum atomic E-state index is -0.0317. The molecule has 0 radical (unpaired) electrons. The highest BCUT2D eigenvalue weighted by Gasteiger charge is 2.27. The molecular formula is C27H29N5O3. The number of fused-ring (bicyclic) bond motifs is 6. The number of aromatic nitrogens is 3. The highest BCUT2D eigenvalue weighted by molar-refractivity contribution is 5.93. The molecule has 8 heteroatoms. The summed E-state index contributed by atoms with van der Waals surface area (Å²) >= 11 is 0. The third-order valence-corrected chi connectivity index (χ3v) is 7.11. The number of morpholine rings is 1. The molecule has 1 amide bonds. The van der Waals surface area contributed by atoms with Crippen LogP contribution in [0.2, 0.25) is 0 Å². The largest absolute Gasteiger partial charge is 0.379 e. The highest BCUT2D eigenvalue weighted by atomic mass is 16.5. The van der Waals surface area contributed by atoms with Crippen LogP contribution in [-0.2, 0) is 29.0 Å². The lowest BCUT2D eigenvalue weighted by atomic mass is 10.0. The minimum Gasteiger partial charge on any atom is -0.379 e. The fourth-order valence-corrected chi connectivity index (χ4v) is 5.38. The van der Waals surface area contributed by atoms with Crippen molar-refractivity contribution >= 4 is 27.7 Å². The Morgan fingerprint density at radius 3 is 2.63 bits per heavy atom. The first-order valence-electron chi connectivity index (χ1n) is 12.4. The summed E-state index contributed by atoms with van der Waals surface area (Å²) in [7, 11) is 0. The summed E-state index contributed by atoms with van der Waals surface area (Å²) in [6.07, 6.45) is 1.64. The lowest BCUT2D eigenvalue weighted by Gasteiger charge is -2.26. The van der Waals surface area contributed by atoms with Crippen LogP contribution in [-0.4, -0.2) is 64.3 Å². The zero-order valence-corrected chi connectivity index (χ0v) is 19.7. The van der Waals surface area contributed by atoms with E-state index in [9.17, 15) is 9.59 Å². The predicted octanol–water partition coefficient (Wildman–Crippen LogP) is 2.41. The minimum absolute atomic E-state index is 0.0272. The van der Waals surface area contributed by atoms with Gasteiger partial charge in [0.05, 0.1) is 29.8 Å². The van der Waals surface area contributed by atoms with E-state index in [4.69, 9.17) is 9.72 Å². The number of hydrogen-bond acceptors (Lipinski definition) is 5. The van der Waals surface area contributed by atoms with Crippen LogP contribution in [0.5, 0.6) is 0 Å². The van der Waals surface area contributed by atoms with Crippen molar-refractivity contribution in [3.8, 4) is 11.5 Å². The monoisotopic (exact) mass is 471 g/mol. The molecule has 1 N–H and O–H groups in total. The van der Waals surface area contributed by atoms with Gasteiger partial charge < -0.3 is 14.6 Å². The SMILES string of the molecule is O=C(Cn1c2c(c3ccccc31)CCn1c-2nc2ccccc2c1=O)NCCCN1CCOCC1. The van der Waals surface area contributed by atoms with E-state index in [2.05, 4.69) is 16.3 Å². The number of nitrogens with one attached hydrogen (secondary N) is 1. The summed E-state index contributed by atoms with van der Waals surface area (Å²) in [6.45, 7) is 5.84. The van der Waals surface area contributed by atoms with Crippen LogP contribution >= 0.6 is 0 Å². The molecule has 1 fully saturated rings. The van der Waals surface area contributed by atoms with Crippen molar-refractivity contribution in [1.82, 2.24) is 24.3 Å². The highest BCUT2D eigenvalue weighted by Crippen LogP contribution is 2.36. The van der Waals surface area contributed by atoms with Gasteiger partial charge in [0, 0.05) is 37.1 Å². The molecule has 180 valence electrons. The Hall–Kier alpha value is -3.49. The van der Waals surface area contributed by atoms with Gasteiger partial charge in [-0.3, -0.25) is 19.1 Å². The Balaban J connectivity index is 1.31. The van der Waals surface area contributed by atoms with E-state index in [0.29, 0.717) is 29.8 Å². The van der Waals surface area contributed by atoms with E-state index in [0.717, 1.165) is 67.8 Å². The third-order valence-electron chi connectivity index (χ3n) is 7.11. The smallest absolute Gasteiger partial charge is 0.261 e. The Kier molecular flexibility index (Phi) is 5.83. The van der Waals surface area contributed by atoms with E-state index >= 15 is 0 Å². The molecule has 6 rings (SSSR count). The third kappa shape index (κ3) is 4.02. The van der Waals surface area contributed by atoms with Crippen molar-refractivity contribution in [2.45, 2.75) is 25.9 Å². The molecule has 0 bridgehead atoms. The van der Waals surface area contributed by atoms with E-state index < -0.39 is 0 Å². The summed E-state index contributed by atoms with van der Waals surface area (Å²) in [6, 6.07) is 15.6. The quantitative estimate of drug-likeness (QED) is 0.437. The van der Waals surface area contributed by atoms with Crippen LogP contribution in [0.1, 0.15) is 12.0 Å². The number of aryl methyl sites for hydroxylation is 1. The van der Waals surface area contributed by atoms with Gasteiger partial charge in [-0.25, -0.2) is 4.98 Å². The van der Waals surface area contributed by atoms with Gasteiger partial charge in [0.25, 0.3) is 5.56 Å². The lowest BCUT2D eigenvalue weighted by molar-refractivity contribution is -0.121. The maximum atomic E-state index is 13.3. The Labute approximate surface area is 203 Å². The van der Waals surface area contributed by atoms with E-state index in [-0.39, 0.29) is 18.0 Å². The number of benzene rings is 2. The van der Waals surface area contributed by atoms with Crippen molar-refractivity contribution < 1.29 is 9.53 Å².